The van der Waals surface area contributed by atoms with Crippen molar-refractivity contribution in [2.24, 2.45) is 11.7 Å². The number of likely N-dealkylation sites (tertiary alicyclic amines) is 1. The summed E-state index contributed by atoms with van der Waals surface area (Å²) in [7, 11) is 1.74. The van der Waals surface area contributed by atoms with Gasteiger partial charge in [-0.3, -0.25) is 4.90 Å². The first-order chi connectivity index (χ1) is 9.15. The van der Waals surface area contributed by atoms with Crippen molar-refractivity contribution in [1.29, 1.82) is 0 Å². The molecule has 0 aromatic heterocycles. The zero-order chi connectivity index (χ0) is 13.8. The summed E-state index contributed by atoms with van der Waals surface area (Å²) in [6, 6.07) is 5.29. The van der Waals surface area contributed by atoms with Gasteiger partial charge in [0.1, 0.15) is 5.82 Å². The molecular weight excluding hydrogens is 311 g/mol. The number of methoxy groups -OCH3 is 1. The molecule has 19 heavy (non-hydrogen) atoms. The Morgan fingerprint density at radius 3 is 3.00 bits per heavy atom. The van der Waals surface area contributed by atoms with Crippen LogP contribution >= 0.6 is 15.9 Å². The third-order valence-electron chi connectivity index (χ3n) is 3.71. The Morgan fingerprint density at radius 1 is 1.58 bits per heavy atom. The standard InChI is InChI=1S/C14H20BrFN2O/c1-19-9-10-4-5-18(8-10)14(7-17)11-2-3-13(16)12(15)6-11/h2-3,6,10,14H,4-5,7-9,17H2,1H3. The Morgan fingerprint density at radius 2 is 2.37 bits per heavy atom. The third-order valence-corrected chi connectivity index (χ3v) is 4.32. The van der Waals surface area contributed by atoms with Gasteiger partial charge in [-0.2, -0.15) is 0 Å². The van der Waals surface area contributed by atoms with E-state index in [9.17, 15) is 4.39 Å². The molecule has 0 bridgehead atoms. The molecule has 2 N–H and O–H groups in total. The summed E-state index contributed by atoms with van der Waals surface area (Å²) in [6.07, 6.45) is 1.13. The minimum atomic E-state index is -0.238. The fourth-order valence-corrected chi connectivity index (χ4v) is 3.13. The lowest BCUT2D eigenvalue weighted by molar-refractivity contribution is 0.147. The number of nitrogens with two attached hydrogens (primary N) is 1. The molecule has 0 spiro atoms. The molecule has 2 rings (SSSR count). The molecule has 1 aliphatic rings. The smallest absolute Gasteiger partial charge is 0.137 e. The van der Waals surface area contributed by atoms with Crippen molar-refractivity contribution < 1.29 is 9.13 Å². The van der Waals surface area contributed by atoms with Crippen molar-refractivity contribution >= 4 is 15.9 Å². The Bertz CT molecular complexity index is 430. The molecule has 2 atom stereocenters. The van der Waals surface area contributed by atoms with Crippen LogP contribution in [0.4, 0.5) is 4.39 Å². The summed E-state index contributed by atoms with van der Waals surface area (Å²) in [5.41, 5.74) is 6.97. The summed E-state index contributed by atoms with van der Waals surface area (Å²) in [5, 5.41) is 0. The Labute approximate surface area is 122 Å². The average molecular weight is 331 g/mol. The number of benzene rings is 1. The topological polar surface area (TPSA) is 38.5 Å². The van der Waals surface area contributed by atoms with Gasteiger partial charge in [-0.1, -0.05) is 6.07 Å². The Hall–Kier alpha value is -0.490. The van der Waals surface area contributed by atoms with Crippen LogP contribution in [0.2, 0.25) is 0 Å². The van der Waals surface area contributed by atoms with Crippen molar-refractivity contribution in [2.75, 3.05) is 33.4 Å². The van der Waals surface area contributed by atoms with E-state index in [4.69, 9.17) is 10.5 Å². The summed E-state index contributed by atoms with van der Waals surface area (Å²) >= 11 is 3.23. The molecule has 1 aliphatic heterocycles. The van der Waals surface area contributed by atoms with Crippen LogP contribution in [0.5, 0.6) is 0 Å². The van der Waals surface area contributed by atoms with Gasteiger partial charge in [0.25, 0.3) is 0 Å². The number of hydrogen-bond donors (Lipinski definition) is 1. The highest BCUT2D eigenvalue weighted by Crippen LogP contribution is 2.29. The van der Waals surface area contributed by atoms with E-state index in [0.717, 1.165) is 31.7 Å². The van der Waals surface area contributed by atoms with Gasteiger partial charge in [0.2, 0.25) is 0 Å². The van der Waals surface area contributed by atoms with E-state index in [2.05, 4.69) is 20.8 Å². The van der Waals surface area contributed by atoms with Gasteiger partial charge in [-0.25, -0.2) is 4.39 Å². The molecule has 1 aromatic carbocycles. The van der Waals surface area contributed by atoms with E-state index in [0.29, 0.717) is 16.9 Å². The van der Waals surface area contributed by atoms with Crippen LogP contribution in [0.1, 0.15) is 18.0 Å². The highest BCUT2D eigenvalue weighted by Gasteiger charge is 2.28. The summed E-state index contributed by atoms with van der Waals surface area (Å²) in [5.74, 6) is 0.334. The van der Waals surface area contributed by atoms with E-state index >= 15 is 0 Å². The first-order valence-corrected chi connectivity index (χ1v) is 7.33. The van der Waals surface area contributed by atoms with Gasteiger partial charge in [0.05, 0.1) is 11.1 Å². The molecule has 2 unspecified atom stereocenters. The second-order valence-electron chi connectivity index (χ2n) is 5.03. The molecule has 0 amide bonds. The first kappa shape index (κ1) is 14.9. The van der Waals surface area contributed by atoms with E-state index < -0.39 is 0 Å². The lowest BCUT2D eigenvalue weighted by Gasteiger charge is -2.27. The van der Waals surface area contributed by atoms with Gasteiger partial charge in [0.15, 0.2) is 0 Å². The van der Waals surface area contributed by atoms with E-state index in [1.165, 1.54) is 6.07 Å². The largest absolute Gasteiger partial charge is 0.384 e. The van der Waals surface area contributed by atoms with Crippen LogP contribution in [0.15, 0.2) is 22.7 Å². The van der Waals surface area contributed by atoms with Crippen molar-refractivity contribution in [3.8, 4) is 0 Å². The summed E-state index contributed by atoms with van der Waals surface area (Å²) in [4.78, 5) is 2.36. The Balaban J connectivity index is 2.09. The fraction of sp³-hybridized carbons (Fsp3) is 0.571. The number of rotatable bonds is 5. The van der Waals surface area contributed by atoms with Crippen LogP contribution in [-0.4, -0.2) is 38.3 Å². The van der Waals surface area contributed by atoms with E-state index in [1.54, 1.807) is 7.11 Å². The highest BCUT2D eigenvalue weighted by molar-refractivity contribution is 9.10. The second kappa shape index (κ2) is 6.79. The number of hydrogen-bond acceptors (Lipinski definition) is 3. The summed E-state index contributed by atoms with van der Waals surface area (Å²) in [6.45, 7) is 3.34. The number of halogens is 2. The van der Waals surface area contributed by atoms with Crippen molar-refractivity contribution in [3.05, 3.63) is 34.1 Å². The maximum absolute atomic E-state index is 13.3. The molecule has 1 saturated heterocycles. The molecule has 1 heterocycles. The fourth-order valence-electron chi connectivity index (χ4n) is 2.73. The molecule has 106 valence electrons. The number of ether oxygens (including phenoxy) is 1. The van der Waals surface area contributed by atoms with Crippen molar-refractivity contribution in [3.63, 3.8) is 0 Å². The maximum Gasteiger partial charge on any atom is 0.137 e. The maximum atomic E-state index is 13.3. The zero-order valence-corrected chi connectivity index (χ0v) is 12.7. The molecule has 0 radical (unpaired) electrons. The van der Waals surface area contributed by atoms with Gasteiger partial charge < -0.3 is 10.5 Å². The zero-order valence-electron chi connectivity index (χ0n) is 11.1. The lowest BCUT2D eigenvalue weighted by atomic mass is 10.1. The molecule has 1 aromatic rings. The monoisotopic (exact) mass is 330 g/mol. The lowest BCUT2D eigenvalue weighted by Crippen LogP contribution is -2.32. The highest BCUT2D eigenvalue weighted by atomic mass is 79.9. The van der Waals surface area contributed by atoms with E-state index in [-0.39, 0.29) is 11.9 Å². The molecule has 5 heteroatoms. The molecule has 3 nitrogen and oxygen atoms in total. The number of nitrogens with zero attached hydrogens (tertiary/aromatic N) is 1. The quantitative estimate of drug-likeness (QED) is 0.901. The van der Waals surface area contributed by atoms with Gasteiger partial charge in [-0.05, 0) is 52.5 Å². The molecule has 1 fully saturated rings. The minimum Gasteiger partial charge on any atom is -0.384 e. The molecule has 0 aliphatic carbocycles. The van der Waals surface area contributed by atoms with Crippen molar-refractivity contribution in [1.82, 2.24) is 4.90 Å². The van der Waals surface area contributed by atoms with Crippen LogP contribution in [0.25, 0.3) is 0 Å². The van der Waals surface area contributed by atoms with Gasteiger partial charge in [0, 0.05) is 26.2 Å². The third kappa shape index (κ3) is 3.54. The molecule has 0 saturated carbocycles. The van der Waals surface area contributed by atoms with Gasteiger partial charge in [-0.15, -0.1) is 0 Å². The first-order valence-electron chi connectivity index (χ1n) is 6.53. The van der Waals surface area contributed by atoms with Gasteiger partial charge >= 0.3 is 0 Å². The van der Waals surface area contributed by atoms with Crippen molar-refractivity contribution in [2.45, 2.75) is 12.5 Å². The van der Waals surface area contributed by atoms with Crippen LogP contribution in [0.3, 0.4) is 0 Å². The van der Waals surface area contributed by atoms with Crippen LogP contribution < -0.4 is 5.73 Å². The molecular formula is C14H20BrFN2O. The summed E-state index contributed by atoms with van der Waals surface area (Å²) < 4.78 is 19.0. The Kier molecular flexibility index (Phi) is 5.33. The predicted molar refractivity (Wildman–Crippen MR) is 77.5 cm³/mol. The van der Waals surface area contributed by atoms with Crippen LogP contribution in [-0.2, 0) is 4.74 Å². The second-order valence-corrected chi connectivity index (χ2v) is 5.88. The normalized spacial score (nSPS) is 21.8. The van der Waals surface area contributed by atoms with Crippen LogP contribution in [0, 0.1) is 11.7 Å². The SMILES string of the molecule is COCC1CCN(C(CN)c2ccc(F)c(Br)c2)C1. The predicted octanol–water partition coefficient (Wildman–Crippen LogP) is 2.56. The minimum absolute atomic E-state index is 0.152. The van der Waals surface area contributed by atoms with E-state index in [1.807, 2.05) is 12.1 Å². The average Bonchev–Trinajstić information content (AvgIpc) is 2.83.